The van der Waals surface area contributed by atoms with Crippen molar-refractivity contribution in [2.45, 2.75) is 6.54 Å². The maximum atomic E-state index is 6.40. The number of para-hydroxylation sites is 1. The minimum absolute atomic E-state index is 0.557. The first kappa shape index (κ1) is 23.2. The summed E-state index contributed by atoms with van der Waals surface area (Å²) in [6.45, 7) is 0.621. The first-order chi connectivity index (χ1) is 16.5. The highest BCUT2D eigenvalue weighted by Gasteiger charge is 2.11. The van der Waals surface area contributed by atoms with E-state index in [2.05, 4.69) is 38.4 Å². The number of nitrogens with zero attached hydrogens (tertiary/aromatic N) is 3. The van der Waals surface area contributed by atoms with E-state index in [-0.39, 0.29) is 0 Å². The van der Waals surface area contributed by atoms with Crippen molar-refractivity contribution in [2.75, 3.05) is 5.43 Å². The molecule has 1 N–H and O–H groups in total. The molecule has 9 heteroatoms. The van der Waals surface area contributed by atoms with Gasteiger partial charge in [-0.2, -0.15) is 5.10 Å². The number of nitrogens with one attached hydrogen (secondary N) is 1. The molecule has 170 valence electrons. The van der Waals surface area contributed by atoms with Gasteiger partial charge >= 0.3 is 0 Å². The molecule has 0 unspecified atom stereocenters. The van der Waals surface area contributed by atoms with E-state index in [9.17, 15) is 0 Å². The van der Waals surface area contributed by atoms with Crippen LogP contribution in [0.15, 0.2) is 77.3 Å². The van der Waals surface area contributed by atoms with Gasteiger partial charge in [0.2, 0.25) is 5.13 Å². The third-order valence-electron chi connectivity index (χ3n) is 5.25. The standard InChI is InChI=1S/C25H16Cl4N4S/c26-17-6-5-15(21(28)9-17)12-33-13-16(19-3-1-2-4-24(19)33)11-30-32-25-31-23(14-34-25)20-8-7-18(27)10-22(20)29/h1-11,13-14H,12H2,(H,31,32)/b30-11+. The van der Waals surface area contributed by atoms with Crippen molar-refractivity contribution in [3.8, 4) is 11.3 Å². The van der Waals surface area contributed by atoms with E-state index >= 15 is 0 Å². The zero-order valence-corrected chi connectivity index (χ0v) is 21.3. The van der Waals surface area contributed by atoms with Crippen molar-refractivity contribution in [1.82, 2.24) is 9.55 Å². The van der Waals surface area contributed by atoms with Gasteiger partial charge in [0, 0.05) is 55.2 Å². The second-order valence-corrected chi connectivity index (χ2v) is 10.0. The van der Waals surface area contributed by atoms with Crippen molar-refractivity contribution in [1.29, 1.82) is 0 Å². The Kier molecular flexibility index (Phi) is 6.82. The second-order valence-electron chi connectivity index (χ2n) is 7.50. The molecule has 0 atom stereocenters. The summed E-state index contributed by atoms with van der Waals surface area (Å²) in [6, 6.07) is 19.1. The van der Waals surface area contributed by atoms with Gasteiger partial charge in [0.1, 0.15) is 0 Å². The number of hydrogen-bond acceptors (Lipinski definition) is 4. The summed E-state index contributed by atoms with van der Waals surface area (Å²) in [5.74, 6) is 0. The highest BCUT2D eigenvalue weighted by Crippen LogP contribution is 2.32. The lowest BCUT2D eigenvalue weighted by Crippen LogP contribution is -1.98. The van der Waals surface area contributed by atoms with Crippen molar-refractivity contribution < 1.29 is 0 Å². The SMILES string of the molecule is Clc1ccc(Cn2cc(/C=N/Nc3nc(-c4ccc(Cl)cc4Cl)cs3)c3ccccc32)c(Cl)c1. The lowest BCUT2D eigenvalue weighted by Gasteiger charge is -2.08. The van der Waals surface area contributed by atoms with Crippen molar-refractivity contribution in [3.63, 3.8) is 0 Å². The summed E-state index contributed by atoms with van der Waals surface area (Å²) in [6.07, 6.45) is 3.85. The van der Waals surface area contributed by atoms with E-state index in [1.807, 2.05) is 35.7 Å². The molecule has 34 heavy (non-hydrogen) atoms. The number of aromatic nitrogens is 2. The van der Waals surface area contributed by atoms with Gasteiger partial charge in [0.05, 0.1) is 16.9 Å². The van der Waals surface area contributed by atoms with Crippen LogP contribution in [0.2, 0.25) is 20.1 Å². The number of fused-ring (bicyclic) bond motifs is 1. The maximum Gasteiger partial charge on any atom is 0.203 e. The molecular weight excluding hydrogens is 530 g/mol. The minimum atomic E-state index is 0.557. The quantitative estimate of drug-likeness (QED) is 0.171. The Bertz CT molecular complexity index is 1520. The van der Waals surface area contributed by atoms with E-state index in [1.165, 1.54) is 11.3 Å². The molecule has 0 aliphatic carbocycles. The lowest BCUT2D eigenvalue weighted by atomic mass is 10.2. The van der Waals surface area contributed by atoms with Crippen LogP contribution in [0.1, 0.15) is 11.1 Å². The van der Waals surface area contributed by atoms with E-state index in [0.717, 1.165) is 33.3 Å². The summed E-state index contributed by atoms with van der Waals surface area (Å²) < 4.78 is 2.15. The summed E-state index contributed by atoms with van der Waals surface area (Å²) in [7, 11) is 0. The average molecular weight is 546 g/mol. The van der Waals surface area contributed by atoms with E-state index in [0.29, 0.717) is 31.8 Å². The van der Waals surface area contributed by atoms with Crippen molar-refractivity contribution >= 4 is 80.0 Å². The van der Waals surface area contributed by atoms with E-state index in [1.54, 1.807) is 24.4 Å². The average Bonchev–Trinajstić information content (AvgIpc) is 3.41. The number of halogens is 4. The normalized spacial score (nSPS) is 11.5. The number of anilines is 1. The van der Waals surface area contributed by atoms with Crippen LogP contribution < -0.4 is 5.43 Å². The molecule has 5 aromatic rings. The van der Waals surface area contributed by atoms with Crippen LogP contribution in [0.25, 0.3) is 22.2 Å². The zero-order valence-electron chi connectivity index (χ0n) is 17.5. The molecule has 3 aromatic carbocycles. The van der Waals surface area contributed by atoms with Crippen LogP contribution in [-0.2, 0) is 6.54 Å². The maximum absolute atomic E-state index is 6.40. The third kappa shape index (κ3) is 4.95. The van der Waals surface area contributed by atoms with Crippen LogP contribution in [0, 0.1) is 0 Å². The van der Waals surface area contributed by atoms with Gasteiger partial charge in [0.25, 0.3) is 0 Å². The number of hydrogen-bond donors (Lipinski definition) is 1. The topological polar surface area (TPSA) is 42.2 Å². The predicted octanol–water partition coefficient (Wildman–Crippen LogP) is 8.87. The monoisotopic (exact) mass is 544 g/mol. The Morgan fingerprint density at radius 1 is 0.941 bits per heavy atom. The summed E-state index contributed by atoms with van der Waals surface area (Å²) in [4.78, 5) is 4.58. The molecule has 0 spiro atoms. The van der Waals surface area contributed by atoms with Crippen LogP contribution in [0.3, 0.4) is 0 Å². The highest BCUT2D eigenvalue weighted by atomic mass is 35.5. The molecule has 0 radical (unpaired) electrons. The van der Waals surface area contributed by atoms with Gasteiger partial charge in [0.15, 0.2) is 0 Å². The van der Waals surface area contributed by atoms with Gasteiger partial charge in [-0.3, -0.25) is 5.43 Å². The van der Waals surface area contributed by atoms with Crippen LogP contribution in [0.5, 0.6) is 0 Å². The van der Waals surface area contributed by atoms with Gasteiger partial charge < -0.3 is 4.57 Å². The first-order valence-electron chi connectivity index (χ1n) is 10.2. The molecule has 0 bridgehead atoms. The molecule has 0 amide bonds. The molecule has 0 saturated carbocycles. The molecule has 0 saturated heterocycles. The fourth-order valence-electron chi connectivity index (χ4n) is 3.65. The molecule has 0 aliphatic heterocycles. The third-order valence-corrected chi connectivity index (χ3v) is 7.13. The van der Waals surface area contributed by atoms with Crippen molar-refractivity contribution in [3.05, 3.63) is 103 Å². The minimum Gasteiger partial charge on any atom is -0.342 e. The Morgan fingerprint density at radius 3 is 2.50 bits per heavy atom. The Hall–Kier alpha value is -2.54. The molecule has 0 aliphatic rings. The summed E-state index contributed by atoms with van der Waals surface area (Å²) >= 11 is 26.2. The fraction of sp³-hybridized carbons (Fsp3) is 0.0400. The predicted molar refractivity (Wildman–Crippen MR) is 146 cm³/mol. The smallest absolute Gasteiger partial charge is 0.203 e. The van der Waals surface area contributed by atoms with E-state index in [4.69, 9.17) is 46.4 Å². The largest absolute Gasteiger partial charge is 0.342 e. The summed E-state index contributed by atoms with van der Waals surface area (Å²) in [5.41, 5.74) is 7.66. The van der Waals surface area contributed by atoms with Crippen LogP contribution in [-0.4, -0.2) is 15.8 Å². The Morgan fingerprint density at radius 2 is 1.71 bits per heavy atom. The highest BCUT2D eigenvalue weighted by molar-refractivity contribution is 7.14. The van der Waals surface area contributed by atoms with Crippen LogP contribution in [0.4, 0.5) is 5.13 Å². The fourth-order valence-corrected chi connectivity index (χ4v) is 5.28. The molecule has 5 rings (SSSR count). The van der Waals surface area contributed by atoms with E-state index < -0.39 is 0 Å². The van der Waals surface area contributed by atoms with Gasteiger partial charge in [-0.05, 0) is 42.0 Å². The zero-order chi connectivity index (χ0) is 23.7. The molecule has 4 nitrogen and oxygen atoms in total. The molecule has 2 heterocycles. The first-order valence-corrected chi connectivity index (χ1v) is 12.6. The van der Waals surface area contributed by atoms with Gasteiger partial charge in [-0.25, -0.2) is 4.98 Å². The number of rotatable bonds is 6. The molecule has 0 fully saturated rings. The second kappa shape index (κ2) is 9.98. The number of benzene rings is 3. The van der Waals surface area contributed by atoms with Crippen LogP contribution >= 0.6 is 57.7 Å². The number of thiazole rings is 1. The lowest BCUT2D eigenvalue weighted by molar-refractivity contribution is 0.836. The Labute approximate surface area is 220 Å². The number of hydrazone groups is 1. The summed E-state index contributed by atoms with van der Waals surface area (Å²) in [5, 5.41) is 10.5. The van der Waals surface area contributed by atoms with Crippen molar-refractivity contribution in [2.24, 2.45) is 5.10 Å². The molecular formula is C25H16Cl4N4S. The Balaban J connectivity index is 1.37. The van der Waals surface area contributed by atoms with Gasteiger partial charge in [-0.15, -0.1) is 11.3 Å². The molecule has 2 aromatic heterocycles. The van der Waals surface area contributed by atoms with Gasteiger partial charge in [-0.1, -0.05) is 70.7 Å².